The zero-order chi connectivity index (χ0) is 40.7. The summed E-state index contributed by atoms with van der Waals surface area (Å²) in [6.07, 6.45) is 65.8. The maximum Gasteiger partial charge on any atom is 0.306 e. The van der Waals surface area contributed by atoms with Crippen LogP contribution in [0.15, 0.2) is 109 Å². The minimum atomic E-state index is -0.809. The fraction of sp³-hybridized carbons (Fsp3) is 0.608. The van der Waals surface area contributed by atoms with E-state index in [-0.39, 0.29) is 31.6 Å². The average molecular weight is 775 g/mol. The highest BCUT2D eigenvalue weighted by molar-refractivity contribution is 5.70. The van der Waals surface area contributed by atoms with Crippen LogP contribution in [0.1, 0.15) is 181 Å². The molecule has 0 spiro atoms. The molecule has 0 aliphatic heterocycles. The van der Waals surface area contributed by atoms with Gasteiger partial charge in [-0.25, -0.2) is 0 Å². The van der Waals surface area contributed by atoms with Crippen molar-refractivity contribution in [3.05, 3.63) is 109 Å². The van der Waals surface area contributed by atoms with Crippen molar-refractivity contribution in [1.82, 2.24) is 0 Å². The van der Waals surface area contributed by atoms with E-state index in [1.807, 2.05) is 0 Å². The Labute approximate surface area is 344 Å². The van der Waals surface area contributed by atoms with Gasteiger partial charge >= 0.3 is 11.9 Å². The van der Waals surface area contributed by atoms with Gasteiger partial charge in [0.25, 0.3) is 0 Å². The zero-order valence-electron chi connectivity index (χ0n) is 35.8. The van der Waals surface area contributed by atoms with Crippen molar-refractivity contribution in [2.75, 3.05) is 13.2 Å². The van der Waals surface area contributed by atoms with E-state index in [4.69, 9.17) is 9.47 Å². The number of carbonyl (C=O) groups is 2. The topological polar surface area (TPSA) is 72.8 Å². The number of allylic oxidation sites excluding steroid dienone is 18. The van der Waals surface area contributed by atoms with E-state index in [9.17, 15) is 14.7 Å². The molecule has 0 heterocycles. The molecular weight excluding hydrogens is 693 g/mol. The summed E-state index contributed by atoms with van der Waals surface area (Å²) in [5.74, 6) is -0.666. The first-order chi connectivity index (χ1) is 27.6. The molecule has 0 fully saturated rings. The lowest BCUT2D eigenvalue weighted by Gasteiger charge is -2.15. The van der Waals surface area contributed by atoms with E-state index in [0.717, 1.165) is 89.9 Å². The van der Waals surface area contributed by atoms with Crippen LogP contribution >= 0.6 is 0 Å². The third-order valence-electron chi connectivity index (χ3n) is 9.05. The summed E-state index contributed by atoms with van der Waals surface area (Å²) >= 11 is 0. The highest BCUT2D eigenvalue weighted by Gasteiger charge is 2.16. The number of aliphatic hydroxyl groups excluding tert-OH is 1. The molecule has 0 aromatic heterocycles. The number of ether oxygens (including phenoxy) is 2. The van der Waals surface area contributed by atoms with Crippen molar-refractivity contribution in [1.29, 1.82) is 0 Å². The molecule has 56 heavy (non-hydrogen) atoms. The number of rotatable bonds is 39. The number of carbonyl (C=O) groups excluding carboxylic acids is 2. The molecule has 0 aromatic rings. The standard InChI is InChI=1S/C51H82O5/c1-3-5-7-9-11-13-15-17-19-21-23-25-27-29-31-33-35-37-39-41-43-45-50(53)55-48-49(47-52)56-51(54)46-44-42-40-38-36-34-32-30-28-26-24-22-20-18-16-14-12-10-8-6-4-2/h6,8,12,14-15,17-18,20-21,23-24,26-27,29-30,32,36,38,49,52H,3-5,7,9-11,13,16,19,22,25,28,31,33-35,37,39-48H2,1-2H3/b8-6-,14-12-,17-15-,20-18-,23-21-,26-24-,29-27-,32-30-,38-36-. The van der Waals surface area contributed by atoms with Gasteiger partial charge in [-0.15, -0.1) is 0 Å². The van der Waals surface area contributed by atoms with Gasteiger partial charge in [0.15, 0.2) is 6.10 Å². The van der Waals surface area contributed by atoms with Gasteiger partial charge in [-0.3, -0.25) is 9.59 Å². The Bertz CT molecular complexity index is 1150. The molecule has 0 saturated heterocycles. The van der Waals surface area contributed by atoms with Crippen molar-refractivity contribution in [2.24, 2.45) is 0 Å². The second-order valence-electron chi connectivity index (χ2n) is 14.4. The first-order valence-electron chi connectivity index (χ1n) is 22.4. The normalized spacial score (nSPS) is 13.3. The molecule has 316 valence electrons. The van der Waals surface area contributed by atoms with Crippen molar-refractivity contribution in [3.8, 4) is 0 Å². The smallest absolute Gasteiger partial charge is 0.306 e. The summed E-state index contributed by atoms with van der Waals surface area (Å²) < 4.78 is 10.6. The fourth-order valence-corrected chi connectivity index (χ4v) is 5.68. The number of hydrogen-bond donors (Lipinski definition) is 1. The van der Waals surface area contributed by atoms with Gasteiger partial charge in [0.2, 0.25) is 0 Å². The SMILES string of the molecule is CC/C=C\C/C=C\C/C=C\C/C=C\C/C=C\C/C=C\CCCCC(=O)OC(CO)COC(=O)CCCCCCCC/C=C\C/C=C\C/C=C\CCCCCCC. The number of unbranched alkanes of at least 4 members (excludes halogenated alkanes) is 13. The van der Waals surface area contributed by atoms with Crippen LogP contribution < -0.4 is 0 Å². The number of hydrogen-bond acceptors (Lipinski definition) is 5. The predicted molar refractivity (Wildman–Crippen MR) is 242 cm³/mol. The molecule has 0 saturated carbocycles. The summed E-state index contributed by atoms with van der Waals surface area (Å²) in [5.41, 5.74) is 0. The molecule has 1 atom stereocenters. The van der Waals surface area contributed by atoms with Crippen LogP contribution in [0, 0.1) is 0 Å². The van der Waals surface area contributed by atoms with E-state index in [1.54, 1.807) is 0 Å². The number of aliphatic hydroxyl groups is 1. The quantitative estimate of drug-likeness (QED) is 0.0382. The lowest BCUT2D eigenvalue weighted by molar-refractivity contribution is -0.161. The largest absolute Gasteiger partial charge is 0.462 e. The Morgan fingerprint density at radius 1 is 0.429 bits per heavy atom. The molecular formula is C51H82O5. The van der Waals surface area contributed by atoms with E-state index >= 15 is 0 Å². The molecule has 0 rings (SSSR count). The fourth-order valence-electron chi connectivity index (χ4n) is 5.68. The Hall–Kier alpha value is -3.44. The van der Waals surface area contributed by atoms with Crippen LogP contribution in [0.25, 0.3) is 0 Å². The highest BCUT2D eigenvalue weighted by atomic mass is 16.6. The van der Waals surface area contributed by atoms with Crippen LogP contribution in [-0.4, -0.2) is 36.4 Å². The van der Waals surface area contributed by atoms with Crippen LogP contribution in [0.4, 0.5) is 0 Å². The van der Waals surface area contributed by atoms with E-state index in [2.05, 4.69) is 123 Å². The minimum absolute atomic E-state index is 0.0980. The second kappa shape index (κ2) is 45.9. The van der Waals surface area contributed by atoms with Gasteiger partial charge in [0.05, 0.1) is 6.61 Å². The average Bonchev–Trinajstić information content (AvgIpc) is 3.20. The third-order valence-corrected chi connectivity index (χ3v) is 9.05. The predicted octanol–water partition coefficient (Wildman–Crippen LogP) is 14.6. The Morgan fingerprint density at radius 2 is 0.768 bits per heavy atom. The number of esters is 2. The van der Waals surface area contributed by atoms with Crippen molar-refractivity contribution in [3.63, 3.8) is 0 Å². The molecule has 0 aliphatic carbocycles. The molecule has 0 aromatic carbocycles. The van der Waals surface area contributed by atoms with Gasteiger partial charge in [0, 0.05) is 12.8 Å². The third kappa shape index (κ3) is 43.3. The van der Waals surface area contributed by atoms with Gasteiger partial charge < -0.3 is 14.6 Å². The molecule has 0 aliphatic rings. The van der Waals surface area contributed by atoms with E-state index in [1.165, 1.54) is 57.8 Å². The summed E-state index contributed by atoms with van der Waals surface area (Å²) in [6.45, 7) is 3.95. The summed E-state index contributed by atoms with van der Waals surface area (Å²) in [5, 5.41) is 9.59. The van der Waals surface area contributed by atoms with E-state index in [0.29, 0.717) is 12.8 Å². The van der Waals surface area contributed by atoms with Crippen LogP contribution in [-0.2, 0) is 19.1 Å². The minimum Gasteiger partial charge on any atom is -0.462 e. The summed E-state index contributed by atoms with van der Waals surface area (Å²) in [7, 11) is 0. The molecule has 0 radical (unpaired) electrons. The maximum absolute atomic E-state index is 12.2. The molecule has 5 heteroatoms. The van der Waals surface area contributed by atoms with Crippen LogP contribution in [0.2, 0.25) is 0 Å². The Morgan fingerprint density at radius 3 is 1.20 bits per heavy atom. The summed E-state index contributed by atoms with van der Waals surface area (Å²) in [4.78, 5) is 24.4. The van der Waals surface area contributed by atoms with Crippen molar-refractivity contribution in [2.45, 2.75) is 187 Å². The molecule has 1 unspecified atom stereocenters. The first-order valence-corrected chi connectivity index (χ1v) is 22.4. The Kier molecular flexibility index (Phi) is 43.1. The molecule has 5 nitrogen and oxygen atoms in total. The lowest BCUT2D eigenvalue weighted by atomic mass is 10.1. The zero-order valence-corrected chi connectivity index (χ0v) is 35.8. The van der Waals surface area contributed by atoms with Gasteiger partial charge in [-0.05, 0) is 103 Å². The molecule has 0 bridgehead atoms. The molecule has 0 amide bonds. The van der Waals surface area contributed by atoms with Crippen molar-refractivity contribution < 1.29 is 24.2 Å². The van der Waals surface area contributed by atoms with Gasteiger partial charge in [-0.1, -0.05) is 175 Å². The first kappa shape index (κ1) is 52.6. The maximum atomic E-state index is 12.2. The Balaban J connectivity index is 3.70. The van der Waals surface area contributed by atoms with Crippen LogP contribution in [0.3, 0.4) is 0 Å². The summed E-state index contributed by atoms with van der Waals surface area (Å²) in [6, 6.07) is 0. The van der Waals surface area contributed by atoms with Crippen molar-refractivity contribution >= 4 is 11.9 Å². The van der Waals surface area contributed by atoms with Crippen LogP contribution in [0.5, 0.6) is 0 Å². The van der Waals surface area contributed by atoms with Gasteiger partial charge in [-0.2, -0.15) is 0 Å². The lowest BCUT2D eigenvalue weighted by Crippen LogP contribution is -2.28. The van der Waals surface area contributed by atoms with E-state index < -0.39 is 6.10 Å². The highest BCUT2D eigenvalue weighted by Crippen LogP contribution is 2.11. The monoisotopic (exact) mass is 775 g/mol. The van der Waals surface area contributed by atoms with Gasteiger partial charge in [0.1, 0.15) is 6.61 Å². The molecule has 1 N–H and O–H groups in total. The second-order valence-corrected chi connectivity index (χ2v) is 14.4.